The first-order valence-electron chi connectivity index (χ1n) is 20.2. The zero-order valence-corrected chi connectivity index (χ0v) is 33.2. The molecule has 296 valence electrons. The van der Waals surface area contributed by atoms with Gasteiger partial charge in [-0.05, 0) is 138 Å². The molecule has 2 amide bonds. The minimum absolute atomic E-state index is 0.0356. The number of halogens is 2. The van der Waals surface area contributed by atoms with E-state index in [1.165, 1.54) is 0 Å². The van der Waals surface area contributed by atoms with E-state index in [1.807, 2.05) is 76.8 Å². The third kappa shape index (κ3) is 6.09. The quantitative estimate of drug-likeness (QED) is 0.188. The van der Waals surface area contributed by atoms with Crippen LogP contribution in [0.5, 0.6) is 0 Å². The number of H-pyrrole nitrogens is 2. The molecule has 0 radical (unpaired) electrons. The van der Waals surface area contributed by atoms with Gasteiger partial charge in [-0.15, -0.1) is 0 Å². The average Bonchev–Trinajstić information content (AvgIpc) is 3.78. The number of piperidine rings is 1. The zero-order valence-electron chi connectivity index (χ0n) is 33.2. The van der Waals surface area contributed by atoms with Crippen molar-refractivity contribution in [2.24, 2.45) is 11.3 Å². The van der Waals surface area contributed by atoms with Gasteiger partial charge in [0.15, 0.2) is 0 Å². The first kappa shape index (κ1) is 36.1. The van der Waals surface area contributed by atoms with Crippen LogP contribution in [-0.2, 0) is 15.4 Å². The number of likely N-dealkylation sites (tertiary alicyclic amines) is 2. The van der Waals surface area contributed by atoms with Crippen LogP contribution in [0.1, 0.15) is 115 Å². The standard InChI is InChI=1S/C45H48F2N6O4/c1-42(2,3)56-40(54)52-23-44(15-16-44)21-36(52)38-48-22-35(51-38)26-9-13-30-29-12-8-24(18-31(29)45(46,47)32(30)19-26)25-10-14-33-34(20-25)50-39(49-33)37-27-7-11-28(17-27)53(37)41(55)57-43(4,5)6/h8-10,12-14,18-20,22,27-28,36-37H,7,11,15-17,21,23H2,1-6H3,(H,48,51)(H,49,50)/t27?,28-,36+,37?/m1/s1. The lowest BCUT2D eigenvalue weighted by molar-refractivity contribution is 0.00615. The van der Waals surface area contributed by atoms with Crippen molar-refractivity contribution in [3.63, 3.8) is 0 Å². The molecule has 2 aromatic heterocycles. The molecule has 3 aromatic carbocycles. The lowest BCUT2D eigenvalue weighted by atomic mass is 9.98. The van der Waals surface area contributed by atoms with Gasteiger partial charge in [0.1, 0.15) is 22.9 Å². The van der Waals surface area contributed by atoms with E-state index in [0.717, 1.165) is 60.9 Å². The molecule has 2 N–H and O–H groups in total. The lowest BCUT2D eigenvalue weighted by Crippen LogP contribution is -2.43. The van der Waals surface area contributed by atoms with Crippen LogP contribution < -0.4 is 0 Å². The molecule has 2 saturated carbocycles. The highest BCUT2D eigenvalue weighted by atomic mass is 19.3. The Morgan fingerprint density at radius 3 is 2.16 bits per heavy atom. The number of aromatic nitrogens is 4. The Hall–Kier alpha value is -5.26. The summed E-state index contributed by atoms with van der Waals surface area (Å²) in [5.74, 6) is -1.56. The Morgan fingerprint density at radius 1 is 0.807 bits per heavy atom. The van der Waals surface area contributed by atoms with Crippen molar-refractivity contribution in [2.45, 2.75) is 115 Å². The van der Waals surface area contributed by atoms with Gasteiger partial charge >= 0.3 is 12.2 Å². The second kappa shape index (κ2) is 12.1. The van der Waals surface area contributed by atoms with Gasteiger partial charge in [0, 0.05) is 29.3 Å². The molecular formula is C45H48F2N6O4. The number of carbonyl (C=O) groups is 2. The van der Waals surface area contributed by atoms with E-state index in [4.69, 9.17) is 14.5 Å². The predicted molar refractivity (Wildman–Crippen MR) is 211 cm³/mol. The first-order chi connectivity index (χ1) is 27.0. The summed E-state index contributed by atoms with van der Waals surface area (Å²) in [5.41, 5.74) is 4.02. The molecule has 2 aliphatic heterocycles. The number of alkyl halides is 2. The molecular weight excluding hydrogens is 727 g/mol. The maximum absolute atomic E-state index is 16.5. The number of fused-ring (bicyclic) bond motifs is 6. The number of hydrogen-bond acceptors (Lipinski definition) is 6. The molecule has 4 atom stereocenters. The second-order valence-electron chi connectivity index (χ2n) is 19.0. The zero-order chi connectivity index (χ0) is 39.8. The van der Waals surface area contributed by atoms with Crippen LogP contribution >= 0.6 is 0 Å². The highest BCUT2D eigenvalue weighted by Gasteiger charge is 2.55. The highest BCUT2D eigenvalue weighted by Crippen LogP contribution is 2.59. The van der Waals surface area contributed by atoms with Crippen LogP contribution in [0.15, 0.2) is 60.8 Å². The number of ether oxygens (including phenoxy) is 2. The molecule has 3 aliphatic carbocycles. The topological polar surface area (TPSA) is 116 Å². The van der Waals surface area contributed by atoms with Gasteiger partial charge in [-0.25, -0.2) is 19.6 Å². The monoisotopic (exact) mass is 774 g/mol. The number of nitrogens with one attached hydrogen (secondary N) is 2. The van der Waals surface area contributed by atoms with Crippen LogP contribution in [0.4, 0.5) is 18.4 Å². The summed E-state index contributed by atoms with van der Waals surface area (Å²) in [7, 11) is 0. The summed E-state index contributed by atoms with van der Waals surface area (Å²) >= 11 is 0. The summed E-state index contributed by atoms with van der Waals surface area (Å²) in [6.45, 7) is 11.8. The Kier molecular flexibility index (Phi) is 7.68. The van der Waals surface area contributed by atoms with Crippen molar-refractivity contribution in [3.05, 3.63) is 83.6 Å². The molecule has 10 rings (SSSR count). The minimum atomic E-state index is -3.23. The normalized spacial score (nSPS) is 24.0. The molecule has 5 aliphatic rings. The van der Waals surface area contributed by atoms with Crippen molar-refractivity contribution in [2.75, 3.05) is 6.54 Å². The van der Waals surface area contributed by atoms with E-state index in [-0.39, 0.29) is 46.9 Å². The van der Waals surface area contributed by atoms with Gasteiger partial charge in [0.05, 0.1) is 35.0 Å². The number of rotatable bonds is 4. The molecule has 12 heteroatoms. The second-order valence-corrected chi connectivity index (χ2v) is 19.0. The first-order valence-corrected chi connectivity index (χ1v) is 20.2. The summed E-state index contributed by atoms with van der Waals surface area (Å²) in [6.07, 6.45) is 6.83. The Bertz CT molecular complexity index is 2470. The van der Waals surface area contributed by atoms with Crippen LogP contribution in [0.2, 0.25) is 0 Å². The van der Waals surface area contributed by atoms with Gasteiger partial charge in [-0.1, -0.05) is 30.3 Å². The fraction of sp³-hybridized carbons (Fsp3) is 0.467. The average molecular weight is 775 g/mol. The molecule has 2 saturated heterocycles. The number of carbonyl (C=O) groups excluding carboxylic acids is 2. The largest absolute Gasteiger partial charge is 0.444 e. The number of benzene rings is 3. The van der Waals surface area contributed by atoms with E-state index >= 15 is 8.78 Å². The number of amides is 2. The molecule has 2 unspecified atom stereocenters. The maximum atomic E-state index is 16.5. The number of aromatic amines is 2. The highest BCUT2D eigenvalue weighted by molar-refractivity contribution is 5.87. The van der Waals surface area contributed by atoms with Crippen molar-refractivity contribution in [1.82, 2.24) is 29.7 Å². The van der Waals surface area contributed by atoms with E-state index in [0.29, 0.717) is 46.2 Å². The fourth-order valence-corrected chi connectivity index (χ4v) is 9.84. The van der Waals surface area contributed by atoms with Gasteiger partial charge in [-0.2, -0.15) is 8.78 Å². The Morgan fingerprint density at radius 2 is 1.46 bits per heavy atom. The third-order valence-corrected chi connectivity index (χ3v) is 12.6. The van der Waals surface area contributed by atoms with Crippen LogP contribution in [0, 0.1) is 11.3 Å². The van der Waals surface area contributed by atoms with E-state index in [2.05, 4.69) is 15.0 Å². The number of hydrogen-bond donors (Lipinski definition) is 2. The van der Waals surface area contributed by atoms with Crippen LogP contribution in [-0.4, -0.2) is 65.7 Å². The Balaban J connectivity index is 0.910. The maximum Gasteiger partial charge on any atom is 0.411 e. The number of nitrogens with zero attached hydrogens (tertiary/aromatic N) is 4. The summed E-state index contributed by atoms with van der Waals surface area (Å²) in [5, 5.41) is 0. The molecule has 57 heavy (non-hydrogen) atoms. The molecule has 1 spiro atoms. The predicted octanol–water partition coefficient (Wildman–Crippen LogP) is 10.7. The SMILES string of the molecule is CC(C)(C)OC(=O)N1CC2(CC2)C[C@H]1c1ncc(-c2ccc3c(c2)C(F)(F)c2cc(-c4ccc5nc(C6C7CC[C@H](C7)N6C(=O)OC(C)(C)C)[nH]c5c4)ccc2-3)[nH]1. The van der Waals surface area contributed by atoms with Crippen molar-refractivity contribution in [3.8, 4) is 33.5 Å². The van der Waals surface area contributed by atoms with Crippen LogP contribution in [0.25, 0.3) is 44.5 Å². The summed E-state index contributed by atoms with van der Waals surface area (Å²) in [4.78, 5) is 46.6. The fourth-order valence-electron chi connectivity index (χ4n) is 9.84. The van der Waals surface area contributed by atoms with Gasteiger partial charge < -0.3 is 19.4 Å². The molecule has 4 fully saturated rings. The molecule has 10 nitrogen and oxygen atoms in total. The third-order valence-electron chi connectivity index (χ3n) is 12.6. The van der Waals surface area contributed by atoms with Gasteiger partial charge in [0.2, 0.25) is 0 Å². The van der Waals surface area contributed by atoms with E-state index < -0.39 is 17.1 Å². The smallest absolute Gasteiger partial charge is 0.411 e. The van der Waals surface area contributed by atoms with E-state index in [1.54, 1.807) is 35.4 Å². The van der Waals surface area contributed by atoms with Gasteiger partial charge in [-0.3, -0.25) is 9.80 Å². The minimum Gasteiger partial charge on any atom is -0.444 e. The lowest BCUT2D eigenvalue weighted by Gasteiger charge is -2.35. The van der Waals surface area contributed by atoms with Crippen molar-refractivity contribution >= 4 is 23.2 Å². The molecule has 4 heterocycles. The van der Waals surface area contributed by atoms with Gasteiger partial charge in [0.25, 0.3) is 5.92 Å². The summed E-state index contributed by atoms with van der Waals surface area (Å²) in [6, 6.07) is 15.9. The molecule has 5 aromatic rings. The van der Waals surface area contributed by atoms with Crippen molar-refractivity contribution in [1.29, 1.82) is 0 Å². The van der Waals surface area contributed by atoms with Crippen molar-refractivity contribution < 1.29 is 27.8 Å². The Labute approximate surface area is 330 Å². The molecule has 2 bridgehead atoms. The van der Waals surface area contributed by atoms with E-state index in [9.17, 15) is 9.59 Å². The van der Waals surface area contributed by atoms with Crippen LogP contribution in [0.3, 0.4) is 0 Å². The summed E-state index contributed by atoms with van der Waals surface area (Å²) < 4.78 is 44.5. The number of imidazole rings is 2.